The van der Waals surface area contributed by atoms with Gasteiger partial charge in [-0.15, -0.1) is 11.3 Å². The summed E-state index contributed by atoms with van der Waals surface area (Å²) in [5.41, 5.74) is 1.05. The number of amides is 2. The minimum absolute atomic E-state index is 0.126. The third-order valence-corrected chi connectivity index (χ3v) is 5.82. The Morgan fingerprint density at radius 1 is 1.19 bits per heavy atom. The van der Waals surface area contributed by atoms with Gasteiger partial charge in [0.05, 0.1) is 22.1 Å². The van der Waals surface area contributed by atoms with Gasteiger partial charge in [-0.1, -0.05) is 36.6 Å². The van der Waals surface area contributed by atoms with Gasteiger partial charge in [0.1, 0.15) is 0 Å². The van der Waals surface area contributed by atoms with Gasteiger partial charge in [0.2, 0.25) is 5.91 Å². The van der Waals surface area contributed by atoms with Crippen molar-refractivity contribution < 1.29 is 9.59 Å². The van der Waals surface area contributed by atoms with Crippen molar-refractivity contribution in [2.45, 2.75) is 38.3 Å². The molecule has 1 aliphatic rings. The monoisotopic (exact) mass is 405 g/mol. The van der Waals surface area contributed by atoms with Crippen molar-refractivity contribution in [1.82, 2.24) is 10.2 Å². The van der Waals surface area contributed by atoms with Gasteiger partial charge in [0.25, 0.3) is 5.91 Å². The number of halogens is 1. The van der Waals surface area contributed by atoms with Gasteiger partial charge < -0.3 is 10.6 Å². The first kappa shape index (κ1) is 19.9. The molecule has 0 aliphatic heterocycles. The van der Waals surface area contributed by atoms with Gasteiger partial charge in [-0.05, 0) is 44.2 Å². The number of benzene rings is 1. The molecule has 2 aromatic rings. The number of thiophene rings is 1. The predicted octanol–water partition coefficient (Wildman–Crippen LogP) is 4.14. The Labute approximate surface area is 168 Å². The SMILES string of the molecule is CN(CC(=O)Nc1ccccc1C(=O)NC1CCCC1)Cc1ccc(Cl)s1. The summed E-state index contributed by atoms with van der Waals surface area (Å²) in [6.45, 7) is 0.878. The summed E-state index contributed by atoms with van der Waals surface area (Å²) >= 11 is 7.46. The number of hydrogen-bond acceptors (Lipinski definition) is 4. The maximum Gasteiger partial charge on any atom is 0.253 e. The second-order valence-corrected chi connectivity index (χ2v) is 8.73. The summed E-state index contributed by atoms with van der Waals surface area (Å²) in [5.74, 6) is -0.277. The fourth-order valence-electron chi connectivity index (χ4n) is 3.32. The summed E-state index contributed by atoms with van der Waals surface area (Å²) in [7, 11) is 1.88. The molecule has 2 amide bonds. The smallest absolute Gasteiger partial charge is 0.253 e. The maximum atomic E-state index is 12.6. The lowest BCUT2D eigenvalue weighted by Crippen LogP contribution is -2.34. The van der Waals surface area contributed by atoms with E-state index in [4.69, 9.17) is 11.6 Å². The Bertz CT molecular complexity index is 802. The van der Waals surface area contributed by atoms with Crippen LogP contribution in [0, 0.1) is 0 Å². The first-order chi connectivity index (χ1) is 13.0. The van der Waals surface area contributed by atoms with E-state index in [0.29, 0.717) is 17.8 Å². The van der Waals surface area contributed by atoms with Crippen LogP contribution < -0.4 is 10.6 Å². The molecule has 3 rings (SSSR count). The van der Waals surface area contributed by atoms with Crippen molar-refractivity contribution in [2.75, 3.05) is 18.9 Å². The molecule has 144 valence electrons. The molecule has 1 aromatic heterocycles. The van der Waals surface area contributed by atoms with Crippen molar-refractivity contribution in [1.29, 1.82) is 0 Å². The van der Waals surface area contributed by atoms with E-state index in [1.54, 1.807) is 12.1 Å². The lowest BCUT2D eigenvalue weighted by molar-refractivity contribution is -0.117. The van der Waals surface area contributed by atoms with Crippen LogP contribution in [0.4, 0.5) is 5.69 Å². The van der Waals surface area contributed by atoms with Crippen LogP contribution in [0.15, 0.2) is 36.4 Å². The predicted molar refractivity (Wildman–Crippen MR) is 110 cm³/mol. The molecule has 0 saturated heterocycles. The second kappa shape index (κ2) is 9.35. The molecule has 7 heteroatoms. The van der Waals surface area contributed by atoms with Crippen molar-refractivity contribution in [3.63, 3.8) is 0 Å². The zero-order chi connectivity index (χ0) is 19.2. The number of carbonyl (C=O) groups excluding carboxylic acids is 2. The largest absolute Gasteiger partial charge is 0.349 e. The number of carbonyl (C=O) groups is 2. The number of likely N-dealkylation sites (N-methyl/N-ethyl adjacent to an activating group) is 1. The first-order valence-corrected chi connectivity index (χ1v) is 10.3. The number of para-hydroxylation sites is 1. The molecule has 0 spiro atoms. The first-order valence-electron chi connectivity index (χ1n) is 9.14. The molecule has 0 atom stereocenters. The Morgan fingerprint density at radius 3 is 2.63 bits per heavy atom. The quantitative estimate of drug-likeness (QED) is 0.727. The van der Waals surface area contributed by atoms with Crippen molar-refractivity contribution in [2.24, 2.45) is 0 Å². The molecule has 0 radical (unpaired) electrons. The van der Waals surface area contributed by atoms with Crippen LogP contribution in [0.2, 0.25) is 4.34 Å². The molecular formula is C20H24ClN3O2S. The third-order valence-electron chi connectivity index (χ3n) is 4.60. The zero-order valence-corrected chi connectivity index (χ0v) is 16.9. The van der Waals surface area contributed by atoms with E-state index >= 15 is 0 Å². The van der Waals surface area contributed by atoms with Crippen LogP contribution in [-0.2, 0) is 11.3 Å². The Morgan fingerprint density at radius 2 is 1.93 bits per heavy atom. The van der Waals surface area contributed by atoms with Crippen LogP contribution in [0.25, 0.3) is 0 Å². The molecule has 27 heavy (non-hydrogen) atoms. The summed E-state index contributed by atoms with van der Waals surface area (Å²) in [4.78, 5) is 28.0. The lowest BCUT2D eigenvalue weighted by atomic mass is 10.1. The topological polar surface area (TPSA) is 61.4 Å². The summed E-state index contributed by atoms with van der Waals surface area (Å²) in [5, 5.41) is 5.95. The fourth-order valence-corrected chi connectivity index (χ4v) is 4.48. The molecule has 1 aromatic carbocycles. The standard InChI is InChI=1S/C20H24ClN3O2S/c1-24(12-15-10-11-18(21)27-15)13-19(25)23-17-9-5-4-8-16(17)20(26)22-14-6-2-3-7-14/h4-5,8-11,14H,2-3,6-7,12-13H2,1H3,(H,22,26)(H,23,25). The normalized spacial score (nSPS) is 14.5. The number of rotatable bonds is 7. The number of anilines is 1. The minimum Gasteiger partial charge on any atom is -0.349 e. The van der Waals surface area contributed by atoms with Gasteiger partial charge in [-0.3, -0.25) is 14.5 Å². The van der Waals surface area contributed by atoms with Gasteiger partial charge in [-0.2, -0.15) is 0 Å². The lowest BCUT2D eigenvalue weighted by Gasteiger charge is -2.17. The summed E-state index contributed by atoms with van der Waals surface area (Å²) in [6, 6.07) is 11.2. The van der Waals surface area contributed by atoms with Gasteiger partial charge in [-0.25, -0.2) is 0 Å². The van der Waals surface area contributed by atoms with Crippen molar-refractivity contribution in [3.8, 4) is 0 Å². The van der Waals surface area contributed by atoms with E-state index < -0.39 is 0 Å². The van der Waals surface area contributed by atoms with E-state index in [9.17, 15) is 9.59 Å². The number of nitrogens with one attached hydrogen (secondary N) is 2. The second-order valence-electron chi connectivity index (χ2n) is 6.93. The highest BCUT2D eigenvalue weighted by atomic mass is 35.5. The molecular weight excluding hydrogens is 382 g/mol. The number of hydrogen-bond donors (Lipinski definition) is 2. The van der Waals surface area contributed by atoms with E-state index in [1.807, 2.05) is 36.2 Å². The number of nitrogens with zero attached hydrogens (tertiary/aromatic N) is 1. The zero-order valence-electron chi connectivity index (χ0n) is 15.3. The van der Waals surface area contributed by atoms with Crippen LogP contribution in [0.5, 0.6) is 0 Å². The van der Waals surface area contributed by atoms with Crippen molar-refractivity contribution in [3.05, 3.63) is 51.2 Å². The molecule has 5 nitrogen and oxygen atoms in total. The van der Waals surface area contributed by atoms with Gasteiger partial charge in [0, 0.05) is 17.5 Å². The third kappa shape index (κ3) is 5.79. The molecule has 1 aliphatic carbocycles. The highest BCUT2D eigenvalue weighted by Crippen LogP contribution is 2.23. The summed E-state index contributed by atoms with van der Waals surface area (Å²) < 4.78 is 0.741. The molecule has 1 heterocycles. The average molecular weight is 406 g/mol. The highest BCUT2D eigenvalue weighted by molar-refractivity contribution is 7.16. The molecule has 1 fully saturated rings. The molecule has 1 saturated carbocycles. The maximum absolute atomic E-state index is 12.6. The Hall–Kier alpha value is -1.89. The molecule has 2 N–H and O–H groups in total. The minimum atomic E-state index is -0.152. The fraction of sp³-hybridized carbons (Fsp3) is 0.400. The Kier molecular flexibility index (Phi) is 6.88. The van der Waals surface area contributed by atoms with E-state index in [0.717, 1.165) is 34.9 Å². The Balaban J connectivity index is 1.57. The van der Waals surface area contributed by atoms with E-state index in [1.165, 1.54) is 11.3 Å². The van der Waals surface area contributed by atoms with Crippen LogP contribution in [0.1, 0.15) is 40.9 Å². The highest BCUT2D eigenvalue weighted by Gasteiger charge is 2.20. The summed E-state index contributed by atoms with van der Waals surface area (Å²) in [6.07, 6.45) is 4.37. The molecule has 0 bridgehead atoms. The van der Waals surface area contributed by atoms with Crippen LogP contribution in [-0.4, -0.2) is 36.3 Å². The van der Waals surface area contributed by atoms with Gasteiger partial charge >= 0.3 is 0 Å². The van der Waals surface area contributed by atoms with Gasteiger partial charge in [0.15, 0.2) is 0 Å². The van der Waals surface area contributed by atoms with E-state index in [2.05, 4.69) is 10.6 Å². The van der Waals surface area contributed by atoms with Crippen LogP contribution in [0.3, 0.4) is 0 Å². The van der Waals surface area contributed by atoms with Crippen LogP contribution >= 0.6 is 22.9 Å². The van der Waals surface area contributed by atoms with E-state index in [-0.39, 0.29) is 24.4 Å². The average Bonchev–Trinajstić information content (AvgIpc) is 3.26. The molecule has 0 unspecified atom stereocenters. The van der Waals surface area contributed by atoms with Crippen molar-refractivity contribution >= 4 is 40.4 Å².